The van der Waals surface area contributed by atoms with Crippen LogP contribution >= 0.6 is 0 Å². The number of rotatable bonds is 2. The van der Waals surface area contributed by atoms with Gasteiger partial charge >= 0.3 is 5.51 Å². The van der Waals surface area contributed by atoms with E-state index in [2.05, 4.69) is 0 Å². The molecule has 0 fully saturated rings. The summed E-state index contributed by atoms with van der Waals surface area (Å²) in [5.41, 5.74) is -8.34. The van der Waals surface area contributed by atoms with Crippen LogP contribution in [0.15, 0.2) is 30.3 Å². The van der Waals surface area contributed by atoms with Gasteiger partial charge in [-0.2, -0.15) is 13.2 Å². The van der Waals surface area contributed by atoms with Gasteiger partial charge in [0.15, 0.2) is 5.44 Å². The molecule has 3 nitrogen and oxygen atoms in total. The van der Waals surface area contributed by atoms with Gasteiger partial charge in [-0.25, -0.2) is 8.42 Å². The molecule has 0 saturated carbocycles. The standard InChI is InChI=1S/C8H7F3O3S/c9-8(10,11)15(13,14)7(12)6-4-2-1-3-5-6/h1-5,7,12H. The van der Waals surface area contributed by atoms with Crippen molar-refractivity contribution < 1.29 is 26.7 Å². The fourth-order valence-corrected chi connectivity index (χ4v) is 1.69. The summed E-state index contributed by atoms with van der Waals surface area (Å²) in [6.07, 6.45) is 0. The molecule has 1 rings (SSSR count). The van der Waals surface area contributed by atoms with Crippen molar-refractivity contribution in [1.82, 2.24) is 0 Å². The van der Waals surface area contributed by atoms with Crippen molar-refractivity contribution in [2.75, 3.05) is 0 Å². The van der Waals surface area contributed by atoms with E-state index in [9.17, 15) is 21.6 Å². The van der Waals surface area contributed by atoms with Crippen molar-refractivity contribution in [3.63, 3.8) is 0 Å². The predicted molar refractivity (Wildman–Crippen MR) is 46.4 cm³/mol. The Morgan fingerprint density at radius 3 is 2.00 bits per heavy atom. The smallest absolute Gasteiger partial charge is 0.373 e. The van der Waals surface area contributed by atoms with Crippen LogP contribution in [0.3, 0.4) is 0 Å². The van der Waals surface area contributed by atoms with Gasteiger partial charge in [0.1, 0.15) is 0 Å². The number of alkyl halides is 3. The molecule has 0 aliphatic rings. The van der Waals surface area contributed by atoms with Crippen LogP contribution in [0.4, 0.5) is 13.2 Å². The minimum atomic E-state index is -5.57. The lowest BCUT2D eigenvalue weighted by molar-refractivity contribution is -0.0476. The summed E-state index contributed by atoms with van der Waals surface area (Å²) in [4.78, 5) is 0. The van der Waals surface area contributed by atoms with E-state index in [0.29, 0.717) is 0 Å². The van der Waals surface area contributed by atoms with E-state index in [1.807, 2.05) is 0 Å². The second kappa shape index (κ2) is 3.82. The molecule has 0 aliphatic carbocycles. The van der Waals surface area contributed by atoms with E-state index < -0.39 is 20.8 Å². The summed E-state index contributed by atoms with van der Waals surface area (Å²) in [5.74, 6) is 0. The summed E-state index contributed by atoms with van der Waals surface area (Å²) >= 11 is 0. The van der Waals surface area contributed by atoms with Gasteiger partial charge < -0.3 is 5.11 Å². The van der Waals surface area contributed by atoms with Crippen LogP contribution in [-0.4, -0.2) is 19.0 Å². The molecule has 7 heteroatoms. The zero-order chi connectivity index (χ0) is 11.7. The second-order valence-electron chi connectivity index (χ2n) is 2.75. The molecule has 0 aromatic heterocycles. The van der Waals surface area contributed by atoms with Gasteiger partial charge in [0.2, 0.25) is 0 Å². The predicted octanol–water partition coefficient (Wildman–Crippen LogP) is 1.61. The second-order valence-corrected chi connectivity index (χ2v) is 4.75. The Morgan fingerprint density at radius 2 is 1.60 bits per heavy atom. The van der Waals surface area contributed by atoms with E-state index in [-0.39, 0.29) is 5.56 Å². The Bertz CT molecular complexity index is 424. The number of hydrogen-bond donors (Lipinski definition) is 1. The van der Waals surface area contributed by atoms with E-state index in [4.69, 9.17) is 5.11 Å². The first kappa shape index (κ1) is 12.0. The Kier molecular flexibility index (Phi) is 3.05. The van der Waals surface area contributed by atoms with Gasteiger partial charge in [-0.3, -0.25) is 0 Å². The topological polar surface area (TPSA) is 54.4 Å². The molecule has 0 aliphatic heterocycles. The molecule has 1 aromatic rings. The van der Waals surface area contributed by atoms with Gasteiger partial charge in [-0.1, -0.05) is 30.3 Å². The average Bonchev–Trinajstić information content (AvgIpc) is 2.16. The summed E-state index contributed by atoms with van der Waals surface area (Å²) in [7, 11) is -5.57. The number of sulfone groups is 1. The van der Waals surface area contributed by atoms with Crippen LogP contribution in [0.2, 0.25) is 0 Å². The lowest BCUT2D eigenvalue weighted by atomic mass is 10.2. The van der Waals surface area contributed by atoms with Gasteiger partial charge in [0.25, 0.3) is 9.84 Å². The first-order chi connectivity index (χ1) is 6.77. The highest BCUT2D eigenvalue weighted by molar-refractivity contribution is 7.92. The first-order valence-corrected chi connectivity index (χ1v) is 5.34. The highest BCUT2D eigenvalue weighted by Gasteiger charge is 2.50. The quantitative estimate of drug-likeness (QED) is 0.854. The summed E-state index contributed by atoms with van der Waals surface area (Å²) in [6.45, 7) is 0. The van der Waals surface area contributed by atoms with Gasteiger partial charge in [-0.05, 0) is 5.56 Å². The van der Waals surface area contributed by atoms with E-state index in [0.717, 1.165) is 12.1 Å². The number of aliphatic hydroxyl groups is 1. The van der Waals surface area contributed by atoms with Crippen molar-refractivity contribution in [3.8, 4) is 0 Å². The van der Waals surface area contributed by atoms with Crippen molar-refractivity contribution in [2.45, 2.75) is 10.9 Å². The maximum atomic E-state index is 12.0. The molecular formula is C8H7F3O3S. The summed E-state index contributed by atoms with van der Waals surface area (Å²) in [5, 5.41) is 9.08. The lowest BCUT2D eigenvalue weighted by Gasteiger charge is -2.14. The van der Waals surface area contributed by atoms with Gasteiger partial charge in [-0.15, -0.1) is 0 Å². The molecular weight excluding hydrogens is 233 g/mol. The fraction of sp³-hybridized carbons (Fsp3) is 0.250. The van der Waals surface area contributed by atoms with Crippen LogP contribution in [0.1, 0.15) is 11.0 Å². The molecule has 1 aromatic carbocycles. The highest BCUT2D eigenvalue weighted by Crippen LogP contribution is 2.33. The minimum Gasteiger partial charge on any atom is -0.373 e. The molecule has 0 heterocycles. The maximum Gasteiger partial charge on any atom is 0.500 e. The first-order valence-electron chi connectivity index (χ1n) is 3.80. The SMILES string of the molecule is O=S(=O)(C(O)c1ccccc1)C(F)(F)F. The van der Waals surface area contributed by atoms with Crippen molar-refractivity contribution >= 4 is 9.84 Å². The van der Waals surface area contributed by atoms with Gasteiger partial charge in [0, 0.05) is 0 Å². The summed E-state index contributed by atoms with van der Waals surface area (Å²) in [6, 6.07) is 6.38. The van der Waals surface area contributed by atoms with E-state index in [1.54, 1.807) is 0 Å². The third-order valence-corrected chi connectivity index (χ3v) is 3.21. The number of aliphatic hydroxyl groups excluding tert-OH is 1. The van der Waals surface area contributed by atoms with Crippen LogP contribution in [0.25, 0.3) is 0 Å². The molecule has 0 bridgehead atoms. The van der Waals surface area contributed by atoms with Crippen molar-refractivity contribution in [1.29, 1.82) is 0 Å². The molecule has 0 saturated heterocycles. The van der Waals surface area contributed by atoms with E-state index >= 15 is 0 Å². The third-order valence-electron chi connectivity index (χ3n) is 1.70. The van der Waals surface area contributed by atoms with Gasteiger partial charge in [0.05, 0.1) is 0 Å². The van der Waals surface area contributed by atoms with Crippen LogP contribution in [0.5, 0.6) is 0 Å². The normalized spacial score (nSPS) is 14.9. The molecule has 0 amide bonds. The maximum absolute atomic E-state index is 12.0. The molecule has 0 radical (unpaired) electrons. The number of halogens is 3. The zero-order valence-electron chi connectivity index (χ0n) is 7.27. The summed E-state index contributed by atoms with van der Waals surface area (Å²) < 4.78 is 57.6. The third kappa shape index (κ3) is 2.29. The largest absolute Gasteiger partial charge is 0.500 e. The van der Waals surface area contributed by atoms with Crippen molar-refractivity contribution in [3.05, 3.63) is 35.9 Å². The van der Waals surface area contributed by atoms with E-state index in [1.165, 1.54) is 18.2 Å². The minimum absolute atomic E-state index is 0.310. The fourth-order valence-electron chi connectivity index (χ4n) is 0.923. The molecule has 1 unspecified atom stereocenters. The Labute approximate surface area is 84.1 Å². The Balaban J connectivity index is 3.12. The Morgan fingerprint density at radius 1 is 1.13 bits per heavy atom. The van der Waals surface area contributed by atoms with Crippen LogP contribution in [-0.2, 0) is 9.84 Å². The lowest BCUT2D eigenvalue weighted by Crippen LogP contribution is -2.28. The highest BCUT2D eigenvalue weighted by atomic mass is 32.2. The zero-order valence-corrected chi connectivity index (χ0v) is 8.09. The molecule has 1 N–H and O–H groups in total. The Hall–Kier alpha value is -1.08. The number of hydrogen-bond acceptors (Lipinski definition) is 3. The molecule has 84 valence electrons. The van der Waals surface area contributed by atoms with Crippen LogP contribution in [0, 0.1) is 0 Å². The average molecular weight is 240 g/mol. The number of benzene rings is 1. The molecule has 15 heavy (non-hydrogen) atoms. The monoisotopic (exact) mass is 240 g/mol. The molecule has 0 spiro atoms. The van der Waals surface area contributed by atoms with Crippen LogP contribution < -0.4 is 0 Å². The molecule has 1 atom stereocenters. The van der Waals surface area contributed by atoms with Crippen molar-refractivity contribution in [2.24, 2.45) is 0 Å².